The van der Waals surface area contributed by atoms with Crippen molar-refractivity contribution in [3.8, 4) is 5.75 Å². The van der Waals surface area contributed by atoms with Gasteiger partial charge in [-0.1, -0.05) is 6.07 Å². The minimum Gasteiger partial charge on any atom is -0.484 e. The van der Waals surface area contributed by atoms with Crippen LogP contribution in [-0.4, -0.2) is 39.3 Å². The summed E-state index contributed by atoms with van der Waals surface area (Å²) in [6, 6.07) is 9.85. The zero-order valence-corrected chi connectivity index (χ0v) is 14.9. The van der Waals surface area contributed by atoms with Crippen LogP contribution >= 0.6 is 0 Å². The van der Waals surface area contributed by atoms with Gasteiger partial charge in [0.25, 0.3) is 5.91 Å². The van der Waals surface area contributed by atoms with E-state index >= 15 is 0 Å². The highest BCUT2D eigenvalue weighted by molar-refractivity contribution is 7.89. The number of rotatable bonds is 6. The van der Waals surface area contributed by atoms with Crippen molar-refractivity contribution in [3.05, 3.63) is 53.8 Å². The highest BCUT2D eigenvalue weighted by atomic mass is 32.2. The molecule has 134 valence electrons. The predicted molar refractivity (Wildman–Crippen MR) is 92.6 cm³/mol. The quantitative estimate of drug-likeness (QED) is 0.852. The fraction of sp³-hybridized carbons (Fsp3) is 0.235. The van der Waals surface area contributed by atoms with Crippen LogP contribution in [0.2, 0.25) is 0 Å². The van der Waals surface area contributed by atoms with Crippen LogP contribution in [0.3, 0.4) is 0 Å². The molecule has 25 heavy (non-hydrogen) atoms. The van der Waals surface area contributed by atoms with Gasteiger partial charge >= 0.3 is 0 Å². The SMILES string of the molecule is Cc1ccc(F)cc1NC(=O)COc1ccc(S(=O)(=O)N(C)C)cc1. The molecule has 0 radical (unpaired) electrons. The van der Waals surface area contributed by atoms with Crippen molar-refractivity contribution in [1.29, 1.82) is 0 Å². The minimum atomic E-state index is -3.51. The van der Waals surface area contributed by atoms with Gasteiger partial charge in [-0.3, -0.25) is 4.79 Å². The second kappa shape index (κ2) is 7.62. The molecule has 2 aromatic carbocycles. The number of hydrogen-bond acceptors (Lipinski definition) is 4. The van der Waals surface area contributed by atoms with E-state index < -0.39 is 21.7 Å². The minimum absolute atomic E-state index is 0.129. The largest absolute Gasteiger partial charge is 0.484 e. The summed E-state index contributed by atoms with van der Waals surface area (Å²) < 4.78 is 43.6. The van der Waals surface area contributed by atoms with E-state index in [4.69, 9.17) is 4.74 Å². The normalized spacial score (nSPS) is 11.4. The Balaban J connectivity index is 1.97. The van der Waals surface area contributed by atoms with Crippen LogP contribution in [0.4, 0.5) is 10.1 Å². The van der Waals surface area contributed by atoms with Gasteiger partial charge < -0.3 is 10.1 Å². The molecule has 0 saturated carbocycles. The second-order valence-corrected chi connectivity index (χ2v) is 7.71. The number of hydrogen-bond donors (Lipinski definition) is 1. The van der Waals surface area contributed by atoms with E-state index in [1.165, 1.54) is 50.5 Å². The number of ether oxygens (including phenoxy) is 1. The predicted octanol–water partition coefficient (Wildman–Crippen LogP) is 2.40. The number of sulfonamides is 1. The molecule has 0 fully saturated rings. The zero-order chi connectivity index (χ0) is 18.6. The van der Waals surface area contributed by atoms with Gasteiger partial charge in [0.2, 0.25) is 10.0 Å². The summed E-state index contributed by atoms with van der Waals surface area (Å²) in [4.78, 5) is 12.0. The Morgan fingerprint density at radius 1 is 1.16 bits per heavy atom. The molecule has 8 heteroatoms. The molecule has 2 rings (SSSR count). The molecule has 1 N–H and O–H groups in total. The average Bonchev–Trinajstić information content (AvgIpc) is 2.56. The summed E-state index contributed by atoms with van der Waals surface area (Å²) in [6.45, 7) is 1.47. The van der Waals surface area contributed by atoms with E-state index in [2.05, 4.69) is 5.32 Å². The molecule has 0 heterocycles. The fourth-order valence-electron chi connectivity index (χ4n) is 1.98. The summed E-state index contributed by atoms with van der Waals surface area (Å²) in [6.07, 6.45) is 0. The number of nitrogens with zero attached hydrogens (tertiary/aromatic N) is 1. The number of benzene rings is 2. The molecule has 0 bridgehead atoms. The van der Waals surface area contributed by atoms with E-state index in [1.807, 2.05) is 0 Å². The van der Waals surface area contributed by atoms with Crippen molar-refractivity contribution in [1.82, 2.24) is 4.31 Å². The lowest BCUT2D eigenvalue weighted by molar-refractivity contribution is -0.118. The van der Waals surface area contributed by atoms with Crippen molar-refractivity contribution >= 4 is 21.6 Å². The van der Waals surface area contributed by atoms with Crippen molar-refractivity contribution in [2.24, 2.45) is 0 Å². The van der Waals surface area contributed by atoms with Crippen LogP contribution in [0.25, 0.3) is 0 Å². The van der Waals surface area contributed by atoms with Crippen molar-refractivity contribution in [2.45, 2.75) is 11.8 Å². The summed E-state index contributed by atoms with van der Waals surface area (Å²) in [5, 5.41) is 2.57. The Labute approximate surface area is 146 Å². The maximum atomic E-state index is 13.2. The van der Waals surface area contributed by atoms with Crippen LogP contribution in [0.15, 0.2) is 47.4 Å². The molecule has 1 amide bonds. The summed E-state index contributed by atoms with van der Waals surface area (Å²) in [5.41, 5.74) is 1.11. The lowest BCUT2D eigenvalue weighted by Gasteiger charge is -2.12. The summed E-state index contributed by atoms with van der Waals surface area (Å²) >= 11 is 0. The molecule has 0 spiro atoms. The number of aryl methyl sites for hydroxylation is 1. The summed E-state index contributed by atoms with van der Waals surface area (Å²) in [5.74, 6) is -0.540. The van der Waals surface area contributed by atoms with Crippen LogP contribution in [-0.2, 0) is 14.8 Å². The average molecular weight is 366 g/mol. The third-order valence-electron chi connectivity index (χ3n) is 3.45. The lowest BCUT2D eigenvalue weighted by Crippen LogP contribution is -2.22. The maximum Gasteiger partial charge on any atom is 0.262 e. The van der Waals surface area contributed by atoms with E-state index in [0.29, 0.717) is 11.4 Å². The fourth-order valence-corrected chi connectivity index (χ4v) is 2.88. The number of nitrogens with one attached hydrogen (secondary N) is 1. The number of carbonyl (C=O) groups excluding carboxylic acids is 1. The van der Waals surface area contributed by atoms with Gasteiger partial charge in [-0.2, -0.15) is 0 Å². The molecular weight excluding hydrogens is 347 g/mol. The molecule has 0 atom stereocenters. The topological polar surface area (TPSA) is 75.7 Å². The van der Waals surface area contributed by atoms with E-state index in [1.54, 1.807) is 13.0 Å². The first kappa shape index (κ1) is 18.9. The Morgan fingerprint density at radius 3 is 2.40 bits per heavy atom. The van der Waals surface area contributed by atoms with Gasteiger partial charge in [-0.15, -0.1) is 0 Å². The highest BCUT2D eigenvalue weighted by Crippen LogP contribution is 2.19. The van der Waals surface area contributed by atoms with E-state index in [0.717, 1.165) is 9.87 Å². The molecule has 2 aromatic rings. The van der Waals surface area contributed by atoms with Crippen molar-refractivity contribution < 1.29 is 22.3 Å². The molecule has 0 aromatic heterocycles. The first-order chi connectivity index (χ1) is 11.7. The Morgan fingerprint density at radius 2 is 1.80 bits per heavy atom. The first-order valence-electron chi connectivity index (χ1n) is 7.41. The second-order valence-electron chi connectivity index (χ2n) is 5.55. The zero-order valence-electron chi connectivity index (χ0n) is 14.1. The van der Waals surface area contributed by atoms with Crippen molar-refractivity contribution in [2.75, 3.05) is 26.0 Å². The lowest BCUT2D eigenvalue weighted by atomic mass is 10.2. The van der Waals surface area contributed by atoms with E-state index in [9.17, 15) is 17.6 Å². The third kappa shape index (κ3) is 4.77. The van der Waals surface area contributed by atoms with Gasteiger partial charge in [-0.25, -0.2) is 17.1 Å². The highest BCUT2D eigenvalue weighted by Gasteiger charge is 2.16. The monoisotopic (exact) mass is 366 g/mol. The number of amides is 1. The standard InChI is InChI=1S/C17H19FN2O4S/c1-12-4-5-13(18)10-16(12)19-17(21)11-24-14-6-8-15(9-7-14)25(22,23)20(2)3/h4-10H,11H2,1-3H3,(H,19,21). The van der Waals surface area contributed by atoms with Gasteiger partial charge in [0.15, 0.2) is 6.61 Å². The number of carbonyl (C=O) groups is 1. The number of anilines is 1. The molecule has 0 saturated heterocycles. The smallest absolute Gasteiger partial charge is 0.262 e. The Kier molecular flexibility index (Phi) is 5.76. The van der Waals surface area contributed by atoms with Crippen molar-refractivity contribution in [3.63, 3.8) is 0 Å². The molecule has 0 aliphatic heterocycles. The Hall–Kier alpha value is -2.45. The first-order valence-corrected chi connectivity index (χ1v) is 8.85. The molecule has 0 unspecified atom stereocenters. The number of halogens is 1. The molecule has 6 nitrogen and oxygen atoms in total. The molecule has 0 aliphatic rings. The molecular formula is C17H19FN2O4S. The Bertz CT molecular complexity index is 865. The molecule has 0 aliphatic carbocycles. The summed E-state index contributed by atoms with van der Waals surface area (Å²) in [7, 11) is -0.626. The van der Waals surface area contributed by atoms with Crippen LogP contribution in [0, 0.1) is 12.7 Å². The van der Waals surface area contributed by atoms with Gasteiger partial charge in [0.1, 0.15) is 11.6 Å². The van der Waals surface area contributed by atoms with Gasteiger partial charge in [0.05, 0.1) is 4.90 Å². The van der Waals surface area contributed by atoms with E-state index in [-0.39, 0.29) is 11.5 Å². The van der Waals surface area contributed by atoms with Crippen LogP contribution < -0.4 is 10.1 Å². The van der Waals surface area contributed by atoms with Crippen LogP contribution in [0.1, 0.15) is 5.56 Å². The van der Waals surface area contributed by atoms with Crippen LogP contribution in [0.5, 0.6) is 5.75 Å². The third-order valence-corrected chi connectivity index (χ3v) is 5.28. The van der Waals surface area contributed by atoms with Gasteiger partial charge in [-0.05, 0) is 48.9 Å². The maximum absolute atomic E-state index is 13.2. The van der Waals surface area contributed by atoms with Gasteiger partial charge in [0, 0.05) is 19.8 Å².